The Labute approximate surface area is 951 Å². The highest BCUT2D eigenvalue weighted by atomic mass is 32.1. The van der Waals surface area contributed by atoms with Crippen molar-refractivity contribution in [1.82, 2.24) is 58.8 Å². The predicted octanol–water partition coefficient (Wildman–Crippen LogP) is 28.4. The van der Waals surface area contributed by atoms with Crippen molar-refractivity contribution in [3.05, 3.63) is 0 Å². The fourth-order valence-corrected chi connectivity index (χ4v) is 24.2. The highest BCUT2D eigenvalue weighted by Gasteiger charge is 2.35. The molecule has 4 unspecified atom stereocenters. The Bertz CT molecular complexity index is 3100. The summed E-state index contributed by atoms with van der Waals surface area (Å²) in [5.41, 5.74) is 0. The fourth-order valence-electron chi connectivity index (χ4n) is 20.6. The number of piperidine rings is 2. The Balaban J connectivity index is 0.000000902. The Kier molecular flexibility index (Phi) is 85.5. The molecular formula is C114H216N12O6S12. The summed E-state index contributed by atoms with van der Waals surface area (Å²) in [6.45, 7) is 62.6. The van der Waals surface area contributed by atoms with Crippen LogP contribution < -0.4 is 0 Å². The monoisotopic (exact) mass is 2230 g/mol. The lowest BCUT2D eigenvalue weighted by Gasteiger charge is -2.44. The number of likely N-dealkylation sites (N-methyl/N-ethyl adjacent to an activating group) is 4. The molecule has 0 aromatic rings. The molecule has 0 N–H and O–H groups in total. The third kappa shape index (κ3) is 61.7. The lowest BCUT2D eigenvalue weighted by molar-refractivity contribution is 0.125. The molecule has 6 rings (SSSR count). The van der Waals surface area contributed by atoms with Crippen molar-refractivity contribution in [2.24, 2.45) is 23.7 Å². The topological polar surface area (TPSA) is 94.3 Å². The summed E-state index contributed by atoms with van der Waals surface area (Å²) in [5, 5.41) is 0. The van der Waals surface area contributed by atoms with Crippen LogP contribution >= 0.6 is 147 Å². The largest absolute Gasteiger partial charge is 0.370 e. The van der Waals surface area contributed by atoms with Crippen molar-refractivity contribution >= 4 is 206 Å². The fraction of sp³-hybridized carbons (Fsp3) is 0.895. The average Bonchev–Trinajstić information content (AvgIpc) is 0.830. The van der Waals surface area contributed by atoms with Crippen LogP contribution in [0.2, 0.25) is 0 Å². The molecule has 0 aromatic carbocycles. The first kappa shape index (κ1) is 140. The van der Waals surface area contributed by atoms with Crippen LogP contribution in [-0.4, -0.2) is 353 Å². The van der Waals surface area contributed by atoms with Crippen molar-refractivity contribution in [3.8, 4) is 0 Å². The molecule has 0 aromatic heterocycles. The maximum absolute atomic E-state index is 6.34. The van der Waals surface area contributed by atoms with Crippen molar-refractivity contribution < 1.29 is 28.4 Å². The molecule has 2 saturated heterocycles. The SMILES string of the molecule is CC(C)N(C(=S)COCC(=S)N(C(C)C)C(C)C)C(C)C.CCCCC(CC)CN(CC(CC)CCCC)C(=S)COCC(=S)N(CC(CC)CCCC)CC(CC)CCCC.CCN(CC)C(=S)COCC(=S)N(CC)CC.CN(C)C(=S)COCC(=S)N(C)C.S=C(COCC(=S)N(C1CCCCC1)C1CCCCC1)N(C1CCCCC1)C1CCCCC1.S=C(COCC(=S)N1CCCCC1)N1CCCCC1. The van der Waals surface area contributed by atoms with Crippen molar-refractivity contribution in [3.63, 3.8) is 0 Å². The van der Waals surface area contributed by atoms with Gasteiger partial charge in [-0.05, 0) is 222 Å². The molecule has 18 nitrogen and oxygen atoms in total. The van der Waals surface area contributed by atoms with Crippen LogP contribution in [0, 0.1) is 23.7 Å². The first-order valence-electron chi connectivity index (χ1n) is 57.8. The number of unbranched alkanes of at least 4 members (excludes halogenated alkanes) is 4. The van der Waals surface area contributed by atoms with Gasteiger partial charge in [-0.3, -0.25) is 0 Å². The van der Waals surface area contributed by atoms with E-state index < -0.39 is 0 Å². The highest BCUT2D eigenvalue weighted by Crippen LogP contribution is 2.34. The summed E-state index contributed by atoms with van der Waals surface area (Å²) >= 11 is 66.7. The molecule has 30 heteroatoms. The molecule has 4 atom stereocenters. The van der Waals surface area contributed by atoms with E-state index in [1.165, 1.54) is 270 Å². The van der Waals surface area contributed by atoms with Gasteiger partial charge in [-0.2, -0.15) is 0 Å². The summed E-state index contributed by atoms with van der Waals surface area (Å²) in [6.07, 6.45) is 55.0. The number of hydrogen-bond acceptors (Lipinski definition) is 18. The van der Waals surface area contributed by atoms with Crippen LogP contribution in [0.15, 0.2) is 0 Å². The average molecular weight is 2240 g/mol. The lowest BCUT2D eigenvalue weighted by Crippen LogP contribution is -2.51. The smallest absolute Gasteiger partial charge is 0.105 e. The minimum absolute atomic E-state index is 0.385. The van der Waals surface area contributed by atoms with E-state index in [4.69, 9.17) is 175 Å². The molecule has 2 aliphatic heterocycles. The van der Waals surface area contributed by atoms with Crippen molar-refractivity contribution in [2.45, 2.75) is 456 Å². The summed E-state index contributed by atoms with van der Waals surface area (Å²) in [7, 11) is 7.60. The summed E-state index contributed by atoms with van der Waals surface area (Å²) in [6, 6.07) is 4.12. The summed E-state index contributed by atoms with van der Waals surface area (Å²) < 4.78 is 35.0. The van der Waals surface area contributed by atoms with Crippen LogP contribution in [-0.2, 0) is 28.4 Å². The van der Waals surface area contributed by atoms with Gasteiger partial charge in [-0.1, -0.05) is 356 Å². The zero-order valence-corrected chi connectivity index (χ0v) is 106. The maximum atomic E-state index is 6.34. The van der Waals surface area contributed by atoms with E-state index in [0.717, 1.165) is 138 Å². The van der Waals surface area contributed by atoms with Gasteiger partial charge in [0, 0.05) is 155 Å². The van der Waals surface area contributed by atoms with Crippen LogP contribution in [0.5, 0.6) is 0 Å². The van der Waals surface area contributed by atoms with E-state index in [0.29, 0.717) is 151 Å². The van der Waals surface area contributed by atoms with Gasteiger partial charge in [0.05, 0.1) is 79.3 Å². The quantitative estimate of drug-likeness (QED) is 0.0540. The number of likely N-dealkylation sites (tertiary alicyclic amines) is 2. The normalized spacial score (nSPS) is 16.2. The van der Waals surface area contributed by atoms with Gasteiger partial charge in [0.25, 0.3) is 0 Å². The van der Waals surface area contributed by atoms with E-state index in [9.17, 15) is 0 Å². The molecule has 4 saturated carbocycles. The summed E-state index contributed by atoms with van der Waals surface area (Å²) in [5.74, 6) is 2.82. The van der Waals surface area contributed by atoms with Crippen LogP contribution in [0.25, 0.3) is 0 Å². The summed E-state index contributed by atoms with van der Waals surface area (Å²) in [4.78, 5) is 38.2. The molecule has 6 fully saturated rings. The highest BCUT2D eigenvalue weighted by molar-refractivity contribution is 7.82. The number of nitrogens with zero attached hydrogens (tertiary/aromatic N) is 12. The molecule has 0 amide bonds. The molecule has 144 heavy (non-hydrogen) atoms. The minimum atomic E-state index is 0.385. The first-order valence-corrected chi connectivity index (χ1v) is 62.7. The van der Waals surface area contributed by atoms with Gasteiger partial charge in [0.15, 0.2) is 0 Å². The lowest BCUT2D eigenvalue weighted by atomic mass is 9.88. The van der Waals surface area contributed by atoms with Crippen molar-refractivity contribution in [1.29, 1.82) is 0 Å². The number of ether oxygens (including phenoxy) is 6. The van der Waals surface area contributed by atoms with Crippen LogP contribution in [0.1, 0.15) is 408 Å². The van der Waals surface area contributed by atoms with E-state index in [-0.39, 0.29) is 0 Å². The van der Waals surface area contributed by atoms with Crippen LogP contribution in [0.4, 0.5) is 0 Å². The second kappa shape index (κ2) is 87.6. The van der Waals surface area contributed by atoms with E-state index in [2.05, 4.69) is 187 Å². The molecule has 4 aliphatic carbocycles. The van der Waals surface area contributed by atoms with E-state index >= 15 is 0 Å². The molecule has 6 aliphatic rings. The molecule has 2 heterocycles. The Morgan fingerprint density at radius 3 is 0.639 bits per heavy atom. The van der Waals surface area contributed by atoms with E-state index in [1.807, 2.05) is 38.0 Å². The van der Waals surface area contributed by atoms with Gasteiger partial charge in [0.1, 0.15) is 59.9 Å². The molecule has 0 bridgehead atoms. The predicted molar refractivity (Wildman–Crippen MR) is 672 cm³/mol. The Morgan fingerprint density at radius 2 is 0.438 bits per heavy atom. The van der Waals surface area contributed by atoms with Gasteiger partial charge in [-0.15, -0.1) is 0 Å². The second-order valence-corrected chi connectivity index (χ2v) is 48.2. The second-order valence-electron chi connectivity index (χ2n) is 42.6. The minimum Gasteiger partial charge on any atom is -0.370 e. The third-order valence-corrected chi connectivity index (χ3v) is 33.9. The Morgan fingerprint density at radius 1 is 0.243 bits per heavy atom. The van der Waals surface area contributed by atoms with Gasteiger partial charge in [0.2, 0.25) is 0 Å². The first-order chi connectivity index (χ1) is 69.0. The van der Waals surface area contributed by atoms with Gasteiger partial charge < -0.3 is 87.2 Å². The molecule has 0 spiro atoms. The maximum Gasteiger partial charge on any atom is 0.105 e. The molecule has 0 radical (unpaired) electrons. The molecular weight excluding hydrogens is 2020 g/mol. The van der Waals surface area contributed by atoms with E-state index in [1.54, 1.807) is 0 Å². The number of thiocarbonyl (C=S) groups is 12. The Hall–Kier alpha value is -1.56. The zero-order chi connectivity index (χ0) is 108. The number of rotatable bonds is 60. The van der Waals surface area contributed by atoms with Gasteiger partial charge in [-0.25, -0.2) is 0 Å². The van der Waals surface area contributed by atoms with Gasteiger partial charge >= 0.3 is 0 Å². The zero-order valence-electron chi connectivity index (χ0n) is 96.3. The van der Waals surface area contributed by atoms with Crippen LogP contribution in [0.3, 0.4) is 0 Å². The third-order valence-electron chi connectivity index (χ3n) is 29.4. The van der Waals surface area contributed by atoms with Crippen molar-refractivity contribution in [2.75, 3.05) is 186 Å². The number of hydrogen-bond donors (Lipinski definition) is 0. The standard InChI is InChI=1S/C36H72N2OS2.C28H48N2OS2.C16H32N2OS2.C14H24N2OS2.C12H24N2OS2.C8H16N2OS2/c1-9-17-21-31(13-5)25-37(26-32(14-6)22-18-10-2)35(40)29-39-30-36(41)38(27-33(15-7)23-19-11-3)28-34(16-8)24-20-12-4;32-27(29(23-13-5-1-6-14-23)24-15-7-2-8-16-24)21-31-22-28(33)30(25-17-9-3-10-18-25)26-19-11-4-12-20-26;1-11(2)17(12(3)4)15(20)9-19-10-16(21)18(13(5)6)14(7)8;18-13(15-7-3-1-4-8-15)11-17-12-14(19)16-9-5-2-6-10-16;1-5-13(6-2)11(16)9-15-10-12(17)14(7-3)8-4;1-9(2)7(12)5-11-6-8(13)10(3)4/h31-34H,9-30H2,1-8H3;23-26H,1-22H2;11-14H,9-10H2,1-8H3;1-12H2;5-10H2,1-4H3;5-6H2,1-4H3. The molecule has 840 valence electrons.